The Morgan fingerprint density at radius 1 is 1.05 bits per heavy atom. The molecular weight excluding hydrogens is 268 g/mol. The largest absolute Gasteiger partial charge is 0.488 e. The predicted octanol–water partition coefficient (Wildman–Crippen LogP) is 3.56. The summed E-state index contributed by atoms with van der Waals surface area (Å²) in [5, 5.41) is 8.84. The number of carbonyl (C=O) groups excluding carboxylic acids is 1. The van der Waals surface area contributed by atoms with E-state index >= 15 is 0 Å². The number of ether oxygens (including phenoxy) is 1. The van der Waals surface area contributed by atoms with Gasteiger partial charge in [-0.3, -0.25) is 4.79 Å². The molecule has 0 atom stereocenters. The van der Waals surface area contributed by atoms with Gasteiger partial charge in [0.05, 0.1) is 11.1 Å². The zero-order valence-electron chi connectivity index (χ0n) is 11.7. The summed E-state index contributed by atoms with van der Waals surface area (Å²) in [6.45, 7) is 2.09. The number of ketones is 1. The first-order chi connectivity index (χ1) is 10.1. The van der Waals surface area contributed by atoms with Crippen LogP contribution in [0.1, 0.15) is 39.6 Å². The fraction of sp³-hybridized carbons (Fsp3) is 0.176. The zero-order chi connectivity index (χ0) is 15.2. The molecule has 0 radical (unpaired) electrons. The number of benzene rings is 2. The lowest BCUT2D eigenvalue weighted by atomic mass is 10.1. The van der Waals surface area contributed by atoms with Gasteiger partial charge in [-0.2, -0.15) is 0 Å². The Labute approximate surface area is 123 Å². The van der Waals surface area contributed by atoms with Crippen LogP contribution in [0.4, 0.5) is 0 Å². The lowest BCUT2D eigenvalue weighted by Gasteiger charge is -2.10. The van der Waals surface area contributed by atoms with Gasteiger partial charge in [0, 0.05) is 6.42 Å². The van der Waals surface area contributed by atoms with Crippen molar-refractivity contribution < 1.29 is 19.4 Å². The van der Waals surface area contributed by atoms with Crippen molar-refractivity contribution in [1.82, 2.24) is 0 Å². The molecule has 0 bridgehead atoms. The SMILES string of the molecule is CCC(=O)c1ccccc1OCc1ccc(C(=O)O)cc1. The summed E-state index contributed by atoms with van der Waals surface area (Å²) in [4.78, 5) is 22.6. The highest BCUT2D eigenvalue weighted by Crippen LogP contribution is 2.21. The van der Waals surface area contributed by atoms with E-state index in [4.69, 9.17) is 9.84 Å². The second-order valence-electron chi connectivity index (χ2n) is 4.56. The lowest BCUT2D eigenvalue weighted by molar-refractivity contribution is 0.0696. The van der Waals surface area contributed by atoms with Gasteiger partial charge in [-0.1, -0.05) is 31.2 Å². The van der Waals surface area contributed by atoms with Crippen LogP contribution in [-0.4, -0.2) is 16.9 Å². The molecule has 2 rings (SSSR count). The Bertz CT molecular complexity index is 644. The van der Waals surface area contributed by atoms with Crippen LogP contribution >= 0.6 is 0 Å². The maximum absolute atomic E-state index is 11.8. The summed E-state index contributed by atoms with van der Waals surface area (Å²) >= 11 is 0. The summed E-state index contributed by atoms with van der Waals surface area (Å²) < 4.78 is 5.68. The molecule has 21 heavy (non-hydrogen) atoms. The standard InChI is InChI=1S/C17H16O4/c1-2-15(18)14-5-3-4-6-16(14)21-11-12-7-9-13(10-8-12)17(19)20/h3-10H,2,11H2,1H3,(H,19,20). The van der Waals surface area contributed by atoms with Crippen LogP contribution in [0.3, 0.4) is 0 Å². The number of carboxylic acids is 1. The van der Waals surface area contributed by atoms with Crippen molar-refractivity contribution in [1.29, 1.82) is 0 Å². The molecule has 0 aromatic heterocycles. The molecule has 0 heterocycles. The molecule has 4 heteroatoms. The molecule has 0 fully saturated rings. The maximum atomic E-state index is 11.8. The Hall–Kier alpha value is -2.62. The average molecular weight is 284 g/mol. The first kappa shape index (κ1) is 14.8. The second kappa shape index (κ2) is 6.70. The molecule has 0 aliphatic rings. The van der Waals surface area contributed by atoms with E-state index in [-0.39, 0.29) is 18.0 Å². The summed E-state index contributed by atoms with van der Waals surface area (Å²) in [7, 11) is 0. The number of hydrogen-bond donors (Lipinski definition) is 1. The van der Waals surface area contributed by atoms with Crippen molar-refractivity contribution in [3.05, 3.63) is 65.2 Å². The van der Waals surface area contributed by atoms with Crippen molar-refractivity contribution in [2.24, 2.45) is 0 Å². The number of carbonyl (C=O) groups is 2. The Kier molecular flexibility index (Phi) is 4.72. The van der Waals surface area contributed by atoms with E-state index in [1.54, 1.807) is 30.3 Å². The normalized spacial score (nSPS) is 10.1. The minimum atomic E-state index is -0.957. The number of Topliss-reactive ketones (excluding diaryl/α,β-unsaturated/α-hetero) is 1. The molecule has 0 saturated carbocycles. The molecule has 0 saturated heterocycles. The fourth-order valence-electron chi connectivity index (χ4n) is 1.92. The number of para-hydroxylation sites is 1. The quantitative estimate of drug-likeness (QED) is 0.824. The van der Waals surface area contributed by atoms with Gasteiger partial charge in [-0.05, 0) is 29.8 Å². The van der Waals surface area contributed by atoms with Gasteiger partial charge in [0.2, 0.25) is 0 Å². The van der Waals surface area contributed by atoms with Crippen molar-refractivity contribution in [2.75, 3.05) is 0 Å². The molecule has 108 valence electrons. The molecule has 0 amide bonds. The van der Waals surface area contributed by atoms with E-state index < -0.39 is 5.97 Å². The van der Waals surface area contributed by atoms with Crippen molar-refractivity contribution in [3.8, 4) is 5.75 Å². The van der Waals surface area contributed by atoms with Crippen LogP contribution < -0.4 is 4.74 Å². The predicted molar refractivity (Wildman–Crippen MR) is 78.8 cm³/mol. The van der Waals surface area contributed by atoms with Crippen LogP contribution in [0.25, 0.3) is 0 Å². The lowest BCUT2D eigenvalue weighted by Crippen LogP contribution is -2.03. The number of hydrogen-bond acceptors (Lipinski definition) is 3. The van der Waals surface area contributed by atoms with Gasteiger partial charge in [-0.15, -0.1) is 0 Å². The molecule has 0 aliphatic carbocycles. The van der Waals surface area contributed by atoms with E-state index in [2.05, 4.69) is 0 Å². The minimum absolute atomic E-state index is 0.0341. The van der Waals surface area contributed by atoms with E-state index in [0.29, 0.717) is 17.7 Å². The molecule has 0 unspecified atom stereocenters. The van der Waals surface area contributed by atoms with Crippen LogP contribution in [0, 0.1) is 0 Å². The van der Waals surface area contributed by atoms with Crippen LogP contribution in [0.2, 0.25) is 0 Å². The third-order valence-electron chi connectivity index (χ3n) is 3.10. The Balaban J connectivity index is 2.09. The molecular formula is C17H16O4. The number of aromatic carboxylic acids is 1. The van der Waals surface area contributed by atoms with Gasteiger partial charge in [0.25, 0.3) is 0 Å². The molecule has 4 nitrogen and oxygen atoms in total. The topological polar surface area (TPSA) is 63.6 Å². The number of rotatable bonds is 6. The molecule has 1 N–H and O–H groups in total. The van der Waals surface area contributed by atoms with Crippen molar-refractivity contribution >= 4 is 11.8 Å². The minimum Gasteiger partial charge on any atom is -0.488 e. The van der Waals surface area contributed by atoms with Crippen LogP contribution in [0.15, 0.2) is 48.5 Å². The number of carboxylic acid groups (broad SMARTS) is 1. The monoisotopic (exact) mass is 284 g/mol. The maximum Gasteiger partial charge on any atom is 0.335 e. The third kappa shape index (κ3) is 3.69. The van der Waals surface area contributed by atoms with Crippen molar-refractivity contribution in [3.63, 3.8) is 0 Å². The van der Waals surface area contributed by atoms with E-state index in [0.717, 1.165) is 5.56 Å². The van der Waals surface area contributed by atoms with E-state index in [9.17, 15) is 9.59 Å². The molecule has 0 spiro atoms. The molecule has 0 aliphatic heterocycles. The van der Waals surface area contributed by atoms with Gasteiger partial charge in [0.1, 0.15) is 12.4 Å². The van der Waals surface area contributed by atoms with Gasteiger partial charge >= 0.3 is 5.97 Å². The average Bonchev–Trinajstić information content (AvgIpc) is 2.52. The fourth-order valence-corrected chi connectivity index (χ4v) is 1.92. The Morgan fingerprint density at radius 3 is 2.33 bits per heavy atom. The van der Waals surface area contributed by atoms with E-state index in [1.165, 1.54) is 12.1 Å². The summed E-state index contributed by atoms with van der Waals surface area (Å²) in [5.74, 6) is -0.375. The molecule has 2 aromatic carbocycles. The first-order valence-corrected chi connectivity index (χ1v) is 6.69. The van der Waals surface area contributed by atoms with Gasteiger partial charge in [-0.25, -0.2) is 4.79 Å². The zero-order valence-corrected chi connectivity index (χ0v) is 11.7. The Morgan fingerprint density at radius 2 is 1.71 bits per heavy atom. The van der Waals surface area contributed by atoms with E-state index in [1.807, 2.05) is 13.0 Å². The summed E-state index contributed by atoms with van der Waals surface area (Å²) in [5.41, 5.74) is 1.65. The highest BCUT2D eigenvalue weighted by Gasteiger charge is 2.10. The first-order valence-electron chi connectivity index (χ1n) is 6.69. The second-order valence-corrected chi connectivity index (χ2v) is 4.56. The van der Waals surface area contributed by atoms with Crippen LogP contribution in [-0.2, 0) is 6.61 Å². The molecule has 2 aromatic rings. The third-order valence-corrected chi connectivity index (χ3v) is 3.10. The highest BCUT2D eigenvalue weighted by molar-refractivity contribution is 5.98. The smallest absolute Gasteiger partial charge is 0.335 e. The van der Waals surface area contributed by atoms with Gasteiger partial charge < -0.3 is 9.84 Å². The van der Waals surface area contributed by atoms with Crippen molar-refractivity contribution in [2.45, 2.75) is 20.0 Å². The highest BCUT2D eigenvalue weighted by atomic mass is 16.5. The summed E-state index contributed by atoms with van der Waals surface area (Å²) in [6, 6.07) is 13.6. The van der Waals surface area contributed by atoms with Gasteiger partial charge in [0.15, 0.2) is 5.78 Å². The summed E-state index contributed by atoms with van der Waals surface area (Å²) in [6.07, 6.45) is 0.424. The van der Waals surface area contributed by atoms with Crippen LogP contribution in [0.5, 0.6) is 5.75 Å².